The first-order valence-electron chi connectivity index (χ1n) is 7.91. The molecule has 0 bridgehead atoms. The monoisotopic (exact) mass is 381 g/mol. The van der Waals surface area contributed by atoms with Crippen LogP contribution >= 0.6 is 11.6 Å². The lowest BCUT2D eigenvalue weighted by atomic mass is 10.1. The number of benzene rings is 1. The molecule has 1 aromatic heterocycles. The van der Waals surface area contributed by atoms with Crippen molar-refractivity contribution >= 4 is 17.5 Å². The van der Waals surface area contributed by atoms with Gasteiger partial charge in [0.25, 0.3) is 11.5 Å². The van der Waals surface area contributed by atoms with Crippen LogP contribution in [0.2, 0.25) is 5.02 Å². The van der Waals surface area contributed by atoms with Gasteiger partial charge in [0.15, 0.2) is 5.69 Å². The Morgan fingerprint density at radius 1 is 1.50 bits per heavy atom. The van der Waals surface area contributed by atoms with E-state index in [1.807, 2.05) is 0 Å². The fourth-order valence-corrected chi connectivity index (χ4v) is 2.91. The van der Waals surface area contributed by atoms with Crippen molar-refractivity contribution in [3.8, 4) is 5.75 Å². The Balaban J connectivity index is 1.90. The molecule has 1 aliphatic heterocycles. The topological polar surface area (TPSA) is 93.5 Å². The maximum atomic E-state index is 13.8. The molecule has 2 aromatic rings. The van der Waals surface area contributed by atoms with E-state index in [9.17, 15) is 19.1 Å². The standard InChI is InChI=1S/C17H17ClFN3O4/c1-17(2)16-21-12(13(23)15(25)22(16)5-6-26-17)14(24)20-8-9-3-4-10(18)7-11(9)19/h3-4,7,23H,5-6,8H2,1-2H3,(H,20,24). The van der Waals surface area contributed by atoms with Crippen LogP contribution in [0.5, 0.6) is 5.75 Å². The molecule has 1 amide bonds. The van der Waals surface area contributed by atoms with Gasteiger partial charge in [-0.1, -0.05) is 17.7 Å². The quantitative estimate of drug-likeness (QED) is 0.847. The summed E-state index contributed by atoms with van der Waals surface area (Å²) in [4.78, 5) is 28.9. The molecular formula is C17H17ClFN3O4. The number of halogens is 2. The Morgan fingerprint density at radius 2 is 2.23 bits per heavy atom. The molecule has 0 unspecified atom stereocenters. The first-order chi connectivity index (χ1) is 12.2. The molecular weight excluding hydrogens is 365 g/mol. The molecule has 1 aromatic carbocycles. The maximum Gasteiger partial charge on any atom is 0.296 e. The summed E-state index contributed by atoms with van der Waals surface area (Å²) in [5, 5.41) is 12.8. The van der Waals surface area contributed by atoms with Crippen LogP contribution in [0.3, 0.4) is 0 Å². The van der Waals surface area contributed by atoms with Crippen molar-refractivity contribution in [2.45, 2.75) is 32.5 Å². The summed E-state index contributed by atoms with van der Waals surface area (Å²) in [5.41, 5.74) is -1.81. The number of nitrogens with zero attached hydrogens (tertiary/aromatic N) is 2. The zero-order valence-electron chi connectivity index (χ0n) is 14.2. The highest BCUT2D eigenvalue weighted by Crippen LogP contribution is 2.27. The van der Waals surface area contributed by atoms with Gasteiger partial charge >= 0.3 is 0 Å². The number of aromatic hydroxyl groups is 1. The normalized spacial score (nSPS) is 15.4. The summed E-state index contributed by atoms with van der Waals surface area (Å²) < 4.78 is 20.7. The van der Waals surface area contributed by atoms with Gasteiger partial charge < -0.3 is 15.2 Å². The number of nitrogens with one attached hydrogen (secondary N) is 1. The fraction of sp³-hybridized carbons (Fsp3) is 0.353. The van der Waals surface area contributed by atoms with Gasteiger partial charge in [-0.3, -0.25) is 14.2 Å². The van der Waals surface area contributed by atoms with Gasteiger partial charge in [-0.05, 0) is 26.0 Å². The molecule has 2 heterocycles. The maximum absolute atomic E-state index is 13.8. The highest BCUT2D eigenvalue weighted by atomic mass is 35.5. The summed E-state index contributed by atoms with van der Waals surface area (Å²) in [6.07, 6.45) is 0. The third-order valence-corrected chi connectivity index (χ3v) is 4.37. The molecule has 0 aliphatic carbocycles. The number of ether oxygens (including phenoxy) is 1. The Hall–Kier alpha value is -2.45. The lowest BCUT2D eigenvalue weighted by Gasteiger charge is -2.32. The number of aromatic nitrogens is 2. The van der Waals surface area contributed by atoms with E-state index in [1.54, 1.807) is 13.8 Å². The second kappa shape index (κ2) is 6.69. The van der Waals surface area contributed by atoms with E-state index in [1.165, 1.54) is 16.7 Å². The number of hydrogen-bond acceptors (Lipinski definition) is 5. The van der Waals surface area contributed by atoms with Crippen molar-refractivity contribution in [2.24, 2.45) is 0 Å². The van der Waals surface area contributed by atoms with E-state index in [0.29, 0.717) is 6.61 Å². The van der Waals surface area contributed by atoms with Crippen molar-refractivity contribution in [1.82, 2.24) is 14.9 Å². The lowest BCUT2D eigenvalue weighted by Crippen LogP contribution is -2.42. The van der Waals surface area contributed by atoms with Crippen LogP contribution in [0.4, 0.5) is 4.39 Å². The molecule has 1 aliphatic rings. The predicted octanol–water partition coefficient (Wildman–Crippen LogP) is 1.94. The first kappa shape index (κ1) is 18.3. The van der Waals surface area contributed by atoms with Crippen molar-refractivity contribution < 1.29 is 19.0 Å². The van der Waals surface area contributed by atoms with Crippen LogP contribution in [-0.2, 0) is 23.4 Å². The van der Waals surface area contributed by atoms with Gasteiger partial charge in [0.1, 0.15) is 17.2 Å². The lowest BCUT2D eigenvalue weighted by molar-refractivity contribution is -0.0566. The molecule has 9 heteroatoms. The summed E-state index contributed by atoms with van der Waals surface area (Å²) in [7, 11) is 0. The van der Waals surface area contributed by atoms with E-state index in [0.717, 1.165) is 6.07 Å². The minimum Gasteiger partial charge on any atom is -0.501 e. The van der Waals surface area contributed by atoms with Crippen molar-refractivity contribution in [3.05, 3.63) is 56.5 Å². The Kier molecular flexibility index (Phi) is 4.72. The third-order valence-electron chi connectivity index (χ3n) is 4.13. The number of rotatable bonds is 3. The molecule has 0 saturated carbocycles. The van der Waals surface area contributed by atoms with Gasteiger partial charge in [0, 0.05) is 17.1 Å². The fourth-order valence-electron chi connectivity index (χ4n) is 2.75. The smallest absolute Gasteiger partial charge is 0.296 e. The van der Waals surface area contributed by atoms with Crippen LogP contribution in [-0.4, -0.2) is 27.2 Å². The van der Waals surface area contributed by atoms with E-state index in [-0.39, 0.29) is 29.5 Å². The zero-order chi connectivity index (χ0) is 19.1. The summed E-state index contributed by atoms with van der Waals surface area (Å²) >= 11 is 5.69. The Labute approximate surface area is 153 Å². The minimum absolute atomic E-state index is 0.152. The summed E-state index contributed by atoms with van der Waals surface area (Å²) in [5.74, 6) is -1.87. The van der Waals surface area contributed by atoms with Gasteiger partial charge in [0.05, 0.1) is 13.2 Å². The van der Waals surface area contributed by atoms with Gasteiger partial charge in [-0.2, -0.15) is 0 Å². The second-order valence-corrected chi connectivity index (χ2v) is 6.80. The average Bonchev–Trinajstić information content (AvgIpc) is 2.57. The summed E-state index contributed by atoms with van der Waals surface area (Å²) in [6.45, 7) is 3.80. The molecule has 0 radical (unpaired) electrons. The predicted molar refractivity (Wildman–Crippen MR) is 91.7 cm³/mol. The molecule has 0 fully saturated rings. The van der Waals surface area contributed by atoms with E-state index in [4.69, 9.17) is 16.3 Å². The van der Waals surface area contributed by atoms with Crippen LogP contribution < -0.4 is 10.9 Å². The van der Waals surface area contributed by atoms with Crippen molar-refractivity contribution in [1.29, 1.82) is 0 Å². The number of carbonyl (C=O) groups excluding carboxylic acids is 1. The first-order valence-corrected chi connectivity index (χ1v) is 8.29. The van der Waals surface area contributed by atoms with E-state index < -0.39 is 34.3 Å². The van der Waals surface area contributed by atoms with E-state index >= 15 is 0 Å². The molecule has 0 atom stereocenters. The zero-order valence-corrected chi connectivity index (χ0v) is 14.9. The average molecular weight is 382 g/mol. The molecule has 7 nitrogen and oxygen atoms in total. The third kappa shape index (κ3) is 3.30. The number of carbonyl (C=O) groups is 1. The minimum atomic E-state index is -0.886. The molecule has 3 rings (SSSR count). The van der Waals surface area contributed by atoms with Crippen LogP contribution in [0.1, 0.15) is 35.7 Å². The van der Waals surface area contributed by atoms with Gasteiger partial charge in [-0.25, -0.2) is 9.37 Å². The van der Waals surface area contributed by atoms with Gasteiger partial charge in [0.2, 0.25) is 5.75 Å². The van der Waals surface area contributed by atoms with Crippen molar-refractivity contribution in [3.63, 3.8) is 0 Å². The highest BCUT2D eigenvalue weighted by molar-refractivity contribution is 6.30. The SMILES string of the molecule is CC1(C)OCCn2c1nc(C(=O)NCc1ccc(Cl)cc1F)c(O)c2=O. The van der Waals surface area contributed by atoms with Crippen molar-refractivity contribution in [2.75, 3.05) is 6.61 Å². The molecule has 26 heavy (non-hydrogen) atoms. The number of fused-ring (bicyclic) bond motifs is 1. The van der Waals surface area contributed by atoms with Crippen LogP contribution in [0.15, 0.2) is 23.0 Å². The Bertz CT molecular complexity index is 942. The molecule has 0 spiro atoms. The van der Waals surface area contributed by atoms with Crippen LogP contribution in [0, 0.1) is 5.82 Å². The van der Waals surface area contributed by atoms with Gasteiger partial charge in [-0.15, -0.1) is 0 Å². The summed E-state index contributed by atoms with van der Waals surface area (Å²) in [6, 6.07) is 4.06. The molecule has 2 N–H and O–H groups in total. The number of amides is 1. The van der Waals surface area contributed by atoms with E-state index in [2.05, 4.69) is 10.3 Å². The Morgan fingerprint density at radius 3 is 2.92 bits per heavy atom. The number of hydrogen-bond donors (Lipinski definition) is 2. The molecule has 0 saturated heterocycles. The largest absolute Gasteiger partial charge is 0.501 e. The second-order valence-electron chi connectivity index (χ2n) is 6.37. The molecule has 138 valence electrons. The highest BCUT2D eigenvalue weighted by Gasteiger charge is 2.34. The van der Waals surface area contributed by atoms with Crippen LogP contribution in [0.25, 0.3) is 0 Å².